The summed E-state index contributed by atoms with van der Waals surface area (Å²) < 4.78 is 24.9. The molecule has 0 fully saturated rings. The van der Waals surface area contributed by atoms with Gasteiger partial charge in [0, 0.05) is 6.20 Å². The number of rotatable bonds is 8. The molecule has 6 nitrogen and oxygen atoms in total. The number of phenolic OH excluding ortho intramolecular Hbond substituents is 1. The van der Waals surface area contributed by atoms with Crippen LogP contribution in [0.2, 0.25) is 0 Å². The van der Waals surface area contributed by atoms with Crippen LogP contribution in [0.15, 0.2) is 48.0 Å². The minimum absolute atomic E-state index is 0.196. The molecule has 1 aromatic heterocycles. The van der Waals surface area contributed by atoms with E-state index in [9.17, 15) is 9.67 Å². The summed E-state index contributed by atoms with van der Waals surface area (Å²) >= 11 is 0. The molecule has 2 N–H and O–H groups in total. The minimum atomic E-state index is -3.65. The molecule has 0 spiro atoms. The highest BCUT2D eigenvalue weighted by molar-refractivity contribution is 7.58. The van der Waals surface area contributed by atoms with E-state index in [4.69, 9.17) is 9.15 Å². The van der Waals surface area contributed by atoms with Gasteiger partial charge in [0.1, 0.15) is 11.5 Å². The number of benzene rings is 1. The molecule has 140 valence electrons. The molecule has 0 aliphatic rings. The summed E-state index contributed by atoms with van der Waals surface area (Å²) in [5.41, 5.74) is 4.53. The molecule has 7 heteroatoms. The highest BCUT2D eigenvalue weighted by atomic mass is 31.2. The molecule has 0 bridgehead atoms. The van der Waals surface area contributed by atoms with E-state index in [2.05, 4.69) is 10.5 Å². The lowest BCUT2D eigenvalue weighted by Crippen LogP contribution is -2.07. The Morgan fingerprint density at radius 1 is 1.31 bits per heavy atom. The molecule has 1 unspecified atom stereocenters. The third kappa shape index (κ3) is 4.87. The van der Waals surface area contributed by atoms with Gasteiger partial charge in [-0.15, -0.1) is 0 Å². The van der Waals surface area contributed by atoms with Gasteiger partial charge in [-0.1, -0.05) is 19.9 Å². The standard InChI is InChI=1S/C19H25N2O4P/c1-5-8-18(6-2)26(23,25-21-16-9-7-10-20-13-16)24-17-11-14(3)19(22)15(4)12-17/h7-13,21-22H,5-6H2,1-4H3/b18-8+. The Balaban J connectivity index is 2.34. The van der Waals surface area contributed by atoms with E-state index < -0.39 is 7.60 Å². The summed E-state index contributed by atoms with van der Waals surface area (Å²) in [6.45, 7) is 7.39. The Kier molecular flexibility index (Phi) is 6.83. The van der Waals surface area contributed by atoms with Crippen LogP contribution in [0, 0.1) is 13.8 Å². The molecule has 2 aromatic rings. The first kappa shape index (κ1) is 20.0. The van der Waals surface area contributed by atoms with E-state index in [0.29, 0.717) is 40.7 Å². The summed E-state index contributed by atoms with van der Waals surface area (Å²) in [6, 6.07) is 6.78. The van der Waals surface area contributed by atoms with Gasteiger partial charge in [0.15, 0.2) is 0 Å². The molecular weight excluding hydrogens is 351 g/mol. The molecular formula is C19H25N2O4P. The fourth-order valence-electron chi connectivity index (χ4n) is 2.46. The minimum Gasteiger partial charge on any atom is -0.507 e. The molecule has 0 saturated heterocycles. The number of pyridine rings is 1. The van der Waals surface area contributed by atoms with Gasteiger partial charge >= 0.3 is 7.60 Å². The maximum Gasteiger partial charge on any atom is 0.427 e. The number of aryl methyl sites for hydroxylation is 2. The molecule has 1 heterocycles. The van der Waals surface area contributed by atoms with E-state index in [0.717, 1.165) is 0 Å². The van der Waals surface area contributed by atoms with E-state index in [1.807, 2.05) is 19.9 Å². The lowest BCUT2D eigenvalue weighted by atomic mass is 10.1. The van der Waals surface area contributed by atoms with Crippen LogP contribution in [-0.2, 0) is 9.19 Å². The highest BCUT2D eigenvalue weighted by Crippen LogP contribution is 2.57. The number of anilines is 1. The third-order valence-electron chi connectivity index (χ3n) is 3.79. The summed E-state index contributed by atoms with van der Waals surface area (Å²) in [7, 11) is -3.65. The van der Waals surface area contributed by atoms with Gasteiger partial charge in [0.25, 0.3) is 0 Å². The molecule has 1 atom stereocenters. The molecule has 1 aromatic carbocycles. The van der Waals surface area contributed by atoms with Crippen LogP contribution in [-0.4, -0.2) is 10.1 Å². The Morgan fingerprint density at radius 3 is 2.54 bits per heavy atom. The molecule has 0 radical (unpaired) electrons. The van der Waals surface area contributed by atoms with Gasteiger partial charge in [0.05, 0.1) is 17.2 Å². The van der Waals surface area contributed by atoms with Crippen LogP contribution in [0.4, 0.5) is 5.69 Å². The predicted octanol–water partition coefficient (Wildman–Crippen LogP) is 5.72. The Hall–Kier alpha value is -2.30. The molecule has 0 aliphatic carbocycles. The van der Waals surface area contributed by atoms with E-state index in [1.165, 1.54) is 0 Å². The van der Waals surface area contributed by atoms with Gasteiger partial charge in [-0.2, -0.15) is 4.62 Å². The largest absolute Gasteiger partial charge is 0.507 e. The first-order chi connectivity index (χ1) is 12.4. The zero-order chi connectivity index (χ0) is 19.2. The van der Waals surface area contributed by atoms with E-state index >= 15 is 0 Å². The van der Waals surface area contributed by atoms with Crippen LogP contribution in [0.3, 0.4) is 0 Å². The second-order valence-corrected chi connectivity index (χ2v) is 7.82. The zero-order valence-electron chi connectivity index (χ0n) is 15.5. The smallest absolute Gasteiger partial charge is 0.427 e. The summed E-state index contributed by atoms with van der Waals surface area (Å²) in [4.78, 5) is 3.99. The maximum absolute atomic E-state index is 13.5. The summed E-state index contributed by atoms with van der Waals surface area (Å²) in [5, 5.41) is 10.5. The number of nitrogens with zero attached hydrogens (tertiary/aromatic N) is 1. The maximum atomic E-state index is 13.5. The first-order valence-electron chi connectivity index (χ1n) is 8.53. The monoisotopic (exact) mass is 376 g/mol. The lowest BCUT2D eigenvalue weighted by Gasteiger charge is -2.22. The zero-order valence-corrected chi connectivity index (χ0v) is 16.4. The molecule has 0 aliphatic heterocycles. The number of aromatic nitrogens is 1. The first-order valence-corrected chi connectivity index (χ1v) is 10.1. The van der Waals surface area contributed by atoms with Crippen molar-refractivity contribution in [1.82, 2.24) is 4.98 Å². The van der Waals surface area contributed by atoms with Crippen LogP contribution in [0.1, 0.15) is 37.8 Å². The number of phenols is 1. The van der Waals surface area contributed by atoms with Gasteiger partial charge < -0.3 is 9.63 Å². The van der Waals surface area contributed by atoms with E-state index in [-0.39, 0.29) is 5.75 Å². The van der Waals surface area contributed by atoms with Gasteiger partial charge in [-0.05, 0) is 62.1 Å². The quantitative estimate of drug-likeness (QED) is 0.453. The average Bonchev–Trinajstić information content (AvgIpc) is 2.63. The van der Waals surface area contributed by atoms with Crippen LogP contribution < -0.4 is 10.0 Å². The van der Waals surface area contributed by atoms with Crippen molar-refractivity contribution in [2.75, 3.05) is 5.48 Å². The number of nitrogens with one attached hydrogen (secondary N) is 1. The van der Waals surface area contributed by atoms with Crippen molar-refractivity contribution in [1.29, 1.82) is 0 Å². The van der Waals surface area contributed by atoms with Crippen molar-refractivity contribution < 1.29 is 18.8 Å². The second kappa shape index (κ2) is 8.88. The molecule has 0 amide bonds. The number of hydrogen-bond donors (Lipinski definition) is 2. The average molecular weight is 376 g/mol. The summed E-state index contributed by atoms with van der Waals surface area (Å²) in [6.07, 6.45) is 6.29. The van der Waals surface area contributed by atoms with Crippen molar-refractivity contribution in [3.63, 3.8) is 0 Å². The van der Waals surface area contributed by atoms with Crippen molar-refractivity contribution in [2.24, 2.45) is 0 Å². The van der Waals surface area contributed by atoms with Gasteiger partial charge in [-0.25, -0.2) is 4.57 Å². The van der Waals surface area contributed by atoms with Gasteiger partial charge in [0.2, 0.25) is 0 Å². The normalized spacial score (nSPS) is 13.9. The predicted molar refractivity (Wildman–Crippen MR) is 103 cm³/mol. The van der Waals surface area contributed by atoms with Crippen molar-refractivity contribution in [3.8, 4) is 11.5 Å². The number of allylic oxidation sites excluding steroid dienone is 2. The fraction of sp³-hybridized carbons (Fsp3) is 0.316. The number of aromatic hydroxyl groups is 1. The van der Waals surface area contributed by atoms with Crippen molar-refractivity contribution in [3.05, 3.63) is 59.2 Å². The Labute approximate surface area is 154 Å². The van der Waals surface area contributed by atoms with Crippen molar-refractivity contribution >= 4 is 13.3 Å². The number of hydrogen-bond acceptors (Lipinski definition) is 6. The van der Waals surface area contributed by atoms with Crippen molar-refractivity contribution in [2.45, 2.75) is 40.5 Å². The molecule has 0 saturated carbocycles. The lowest BCUT2D eigenvalue weighted by molar-refractivity contribution is 0.323. The molecule has 2 rings (SSSR count). The van der Waals surface area contributed by atoms with Crippen LogP contribution >= 0.6 is 7.60 Å². The molecule has 26 heavy (non-hydrogen) atoms. The second-order valence-electron chi connectivity index (χ2n) is 5.89. The highest BCUT2D eigenvalue weighted by Gasteiger charge is 2.32. The Bertz CT molecular complexity index is 799. The van der Waals surface area contributed by atoms with Crippen LogP contribution in [0.5, 0.6) is 11.5 Å². The van der Waals surface area contributed by atoms with Crippen LogP contribution in [0.25, 0.3) is 0 Å². The summed E-state index contributed by atoms with van der Waals surface area (Å²) in [5.74, 6) is 0.575. The van der Waals surface area contributed by atoms with Gasteiger partial charge in [-0.3, -0.25) is 10.5 Å². The SMILES string of the molecule is CC/C=C(\CC)P(=O)(ONc1cccnc1)Oc1cc(C)c(O)c(C)c1. The third-order valence-corrected chi connectivity index (χ3v) is 5.77. The fourth-order valence-corrected chi connectivity index (χ4v) is 4.14. The van der Waals surface area contributed by atoms with E-state index in [1.54, 1.807) is 50.5 Å². The topological polar surface area (TPSA) is 80.7 Å². The Morgan fingerprint density at radius 2 is 2.00 bits per heavy atom.